The number of rotatable bonds is 3. The minimum atomic E-state index is -0.129. The van der Waals surface area contributed by atoms with Gasteiger partial charge in [-0.2, -0.15) is 5.10 Å². The topological polar surface area (TPSA) is 46.1 Å². The molecule has 0 fully saturated rings. The zero-order valence-electron chi connectivity index (χ0n) is 10.5. The minimum Gasteiger partial charge on any atom is -0.307 e. The van der Waals surface area contributed by atoms with Crippen molar-refractivity contribution < 1.29 is 4.79 Å². The first-order chi connectivity index (χ1) is 8.72. The van der Waals surface area contributed by atoms with Gasteiger partial charge in [0, 0.05) is 18.4 Å². The van der Waals surface area contributed by atoms with Crippen LogP contribution in [0.5, 0.6) is 0 Å². The van der Waals surface area contributed by atoms with Crippen molar-refractivity contribution in [1.82, 2.24) is 10.2 Å². The van der Waals surface area contributed by atoms with Crippen molar-refractivity contribution in [2.75, 3.05) is 11.4 Å². The van der Waals surface area contributed by atoms with Gasteiger partial charge >= 0.3 is 0 Å². The summed E-state index contributed by atoms with van der Waals surface area (Å²) in [6.45, 7) is 4.54. The summed E-state index contributed by atoms with van der Waals surface area (Å²) in [6.07, 6.45) is 1.56. The van der Waals surface area contributed by atoms with Crippen LogP contribution in [-0.2, 0) is 0 Å². The second kappa shape index (κ2) is 5.40. The van der Waals surface area contributed by atoms with E-state index in [1.807, 2.05) is 38.1 Å². The highest BCUT2D eigenvalue weighted by Crippen LogP contribution is 2.17. The molecule has 1 aromatic carbocycles. The fraction of sp³-hybridized carbons (Fsp3) is 0.214. The Balaban J connectivity index is 2.32. The molecule has 0 unspecified atom stereocenters. The lowest BCUT2D eigenvalue weighted by molar-refractivity contribution is 0.0982. The monoisotopic (exact) mass is 241 g/mol. The third kappa shape index (κ3) is 2.53. The summed E-state index contributed by atoms with van der Waals surface area (Å²) < 4.78 is 0. The van der Waals surface area contributed by atoms with Crippen molar-refractivity contribution in [1.29, 1.82) is 0 Å². The van der Waals surface area contributed by atoms with Gasteiger partial charge in [-0.3, -0.25) is 4.79 Å². The van der Waals surface area contributed by atoms with Crippen molar-refractivity contribution in [3.8, 4) is 0 Å². The van der Waals surface area contributed by atoms with E-state index < -0.39 is 0 Å². The van der Waals surface area contributed by atoms with Crippen LogP contribution in [-0.4, -0.2) is 22.6 Å². The van der Waals surface area contributed by atoms with Crippen LogP contribution < -0.4 is 4.90 Å². The molecule has 0 aliphatic heterocycles. The zero-order valence-corrected chi connectivity index (χ0v) is 10.5. The molecule has 1 heterocycles. The predicted octanol–water partition coefficient (Wildman–Crippen LogP) is 2.45. The van der Waals surface area contributed by atoms with E-state index in [0.717, 1.165) is 11.3 Å². The number of hydrogen-bond acceptors (Lipinski definition) is 3. The third-order valence-corrected chi connectivity index (χ3v) is 2.67. The van der Waals surface area contributed by atoms with Crippen LogP contribution in [0.4, 0.5) is 5.69 Å². The summed E-state index contributed by atoms with van der Waals surface area (Å²) in [5.41, 5.74) is 2.37. The van der Waals surface area contributed by atoms with Gasteiger partial charge in [0.15, 0.2) is 5.69 Å². The smallest absolute Gasteiger partial charge is 0.278 e. The molecule has 0 spiro atoms. The predicted molar refractivity (Wildman–Crippen MR) is 70.6 cm³/mol. The number of carbonyl (C=O) groups is 1. The molecule has 0 aliphatic rings. The first-order valence-corrected chi connectivity index (χ1v) is 5.88. The van der Waals surface area contributed by atoms with Crippen LogP contribution in [0.1, 0.15) is 23.0 Å². The van der Waals surface area contributed by atoms with E-state index in [1.165, 1.54) is 0 Å². The molecule has 4 heteroatoms. The maximum absolute atomic E-state index is 12.3. The Bertz CT molecular complexity index is 540. The number of anilines is 1. The normalized spacial score (nSPS) is 10.1. The zero-order chi connectivity index (χ0) is 13.0. The Morgan fingerprint density at radius 2 is 2.11 bits per heavy atom. The number of amides is 1. The minimum absolute atomic E-state index is 0.129. The van der Waals surface area contributed by atoms with Gasteiger partial charge in [-0.25, -0.2) is 0 Å². The second-order valence-electron chi connectivity index (χ2n) is 4.00. The molecule has 0 saturated heterocycles. The molecule has 1 amide bonds. The lowest BCUT2D eigenvalue weighted by Gasteiger charge is -2.20. The summed E-state index contributed by atoms with van der Waals surface area (Å²) in [7, 11) is 0. The highest BCUT2D eigenvalue weighted by Gasteiger charge is 2.17. The summed E-state index contributed by atoms with van der Waals surface area (Å²) in [6, 6.07) is 11.2. The first kappa shape index (κ1) is 12.2. The molecule has 0 atom stereocenters. The van der Waals surface area contributed by atoms with E-state index in [-0.39, 0.29) is 5.91 Å². The molecular weight excluding hydrogens is 226 g/mol. The highest BCUT2D eigenvalue weighted by atomic mass is 16.2. The van der Waals surface area contributed by atoms with Crippen LogP contribution >= 0.6 is 0 Å². The van der Waals surface area contributed by atoms with Gasteiger partial charge in [-0.05, 0) is 43.7 Å². The van der Waals surface area contributed by atoms with E-state index in [4.69, 9.17) is 0 Å². The van der Waals surface area contributed by atoms with Crippen molar-refractivity contribution in [2.45, 2.75) is 13.8 Å². The Morgan fingerprint density at radius 3 is 2.72 bits per heavy atom. The Morgan fingerprint density at radius 1 is 1.28 bits per heavy atom. The maximum Gasteiger partial charge on any atom is 0.278 e. The molecule has 18 heavy (non-hydrogen) atoms. The van der Waals surface area contributed by atoms with Crippen molar-refractivity contribution >= 4 is 11.6 Å². The summed E-state index contributed by atoms with van der Waals surface area (Å²) in [4.78, 5) is 14.0. The van der Waals surface area contributed by atoms with Crippen molar-refractivity contribution in [3.63, 3.8) is 0 Å². The Labute approximate surface area is 106 Å². The van der Waals surface area contributed by atoms with E-state index in [2.05, 4.69) is 10.2 Å². The number of carbonyl (C=O) groups excluding carboxylic acids is 1. The number of benzene rings is 1. The molecular formula is C14H15N3O. The van der Waals surface area contributed by atoms with Gasteiger partial charge < -0.3 is 4.90 Å². The van der Waals surface area contributed by atoms with Crippen LogP contribution in [0.2, 0.25) is 0 Å². The molecule has 92 valence electrons. The number of aryl methyl sites for hydroxylation is 1. The van der Waals surface area contributed by atoms with Crippen LogP contribution in [0.25, 0.3) is 0 Å². The van der Waals surface area contributed by atoms with Crippen LogP contribution in [0.15, 0.2) is 42.6 Å². The molecule has 0 saturated carbocycles. The molecule has 0 N–H and O–H groups in total. The first-order valence-electron chi connectivity index (χ1n) is 5.88. The molecule has 4 nitrogen and oxygen atoms in total. The molecule has 2 rings (SSSR count). The molecule has 0 radical (unpaired) electrons. The van der Waals surface area contributed by atoms with Gasteiger partial charge in [-0.15, -0.1) is 5.10 Å². The van der Waals surface area contributed by atoms with E-state index >= 15 is 0 Å². The van der Waals surface area contributed by atoms with Gasteiger partial charge in [0.25, 0.3) is 5.91 Å². The summed E-state index contributed by atoms with van der Waals surface area (Å²) >= 11 is 0. The molecule has 2 aromatic rings. The van der Waals surface area contributed by atoms with E-state index in [1.54, 1.807) is 23.2 Å². The molecule has 0 bridgehead atoms. The fourth-order valence-electron chi connectivity index (χ4n) is 1.79. The number of nitrogens with zero attached hydrogens (tertiary/aromatic N) is 3. The lowest BCUT2D eigenvalue weighted by Crippen LogP contribution is -2.31. The largest absolute Gasteiger partial charge is 0.307 e. The van der Waals surface area contributed by atoms with Gasteiger partial charge in [0.1, 0.15) is 0 Å². The number of aromatic nitrogens is 2. The average molecular weight is 241 g/mol. The maximum atomic E-state index is 12.3. The lowest BCUT2D eigenvalue weighted by atomic mass is 10.2. The second-order valence-corrected chi connectivity index (χ2v) is 4.00. The van der Waals surface area contributed by atoms with E-state index in [9.17, 15) is 4.79 Å². The molecule has 0 aliphatic carbocycles. The fourth-order valence-corrected chi connectivity index (χ4v) is 1.79. The molecule has 1 aromatic heterocycles. The Kier molecular flexibility index (Phi) is 3.67. The highest BCUT2D eigenvalue weighted by molar-refractivity contribution is 6.04. The third-order valence-electron chi connectivity index (χ3n) is 2.67. The van der Waals surface area contributed by atoms with Crippen molar-refractivity contribution in [2.24, 2.45) is 0 Å². The SMILES string of the molecule is CCN(C(=O)c1cccnn1)c1cccc(C)c1. The van der Waals surface area contributed by atoms with Gasteiger partial charge in [0.05, 0.1) is 0 Å². The van der Waals surface area contributed by atoms with Crippen LogP contribution in [0.3, 0.4) is 0 Å². The Hall–Kier alpha value is -2.23. The summed E-state index contributed by atoms with van der Waals surface area (Å²) in [5, 5.41) is 7.59. The van der Waals surface area contributed by atoms with Gasteiger partial charge in [0.2, 0.25) is 0 Å². The van der Waals surface area contributed by atoms with E-state index in [0.29, 0.717) is 12.2 Å². The van der Waals surface area contributed by atoms with Crippen molar-refractivity contribution in [3.05, 3.63) is 53.9 Å². The van der Waals surface area contributed by atoms with Crippen LogP contribution in [0, 0.1) is 6.92 Å². The number of hydrogen-bond donors (Lipinski definition) is 0. The standard InChI is InChI=1S/C14H15N3O/c1-3-17(12-7-4-6-11(2)10-12)14(18)13-8-5-9-15-16-13/h4-10H,3H2,1-2H3. The quantitative estimate of drug-likeness (QED) is 0.829. The average Bonchev–Trinajstić information content (AvgIpc) is 2.40. The summed E-state index contributed by atoms with van der Waals surface area (Å²) in [5.74, 6) is -0.129. The van der Waals surface area contributed by atoms with Gasteiger partial charge in [-0.1, -0.05) is 12.1 Å².